The third-order valence-electron chi connectivity index (χ3n) is 3.83. The first-order valence-corrected chi connectivity index (χ1v) is 7.32. The number of nitrogens with one attached hydrogen (secondary N) is 1. The summed E-state index contributed by atoms with van der Waals surface area (Å²) in [6, 6.07) is 10.8. The molecule has 2 rings (SSSR count). The number of hydrogen-bond donors (Lipinski definition) is 1. The van der Waals surface area contributed by atoms with E-state index < -0.39 is 0 Å². The Labute approximate surface area is 122 Å². The minimum Gasteiger partial charge on any atom is -0.312 e. The Morgan fingerprint density at radius 1 is 1.20 bits per heavy atom. The van der Waals surface area contributed by atoms with Crippen molar-refractivity contribution < 1.29 is 0 Å². The molecule has 3 nitrogen and oxygen atoms in total. The first-order chi connectivity index (χ1) is 9.58. The zero-order valence-corrected chi connectivity index (χ0v) is 12.9. The van der Waals surface area contributed by atoms with E-state index in [1.807, 2.05) is 11.7 Å². The van der Waals surface area contributed by atoms with Crippen molar-refractivity contribution in [3.05, 3.63) is 53.3 Å². The molecule has 0 spiro atoms. The maximum Gasteiger partial charge on any atom is 0.0638 e. The fourth-order valence-corrected chi connectivity index (χ4v) is 2.62. The van der Waals surface area contributed by atoms with Crippen molar-refractivity contribution in [2.45, 2.75) is 33.2 Å². The van der Waals surface area contributed by atoms with E-state index in [9.17, 15) is 0 Å². The monoisotopic (exact) mass is 271 g/mol. The molecule has 0 aliphatic carbocycles. The number of rotatable bonds is 6. The van der Waals surface area contributed by atoms with Crippen molar-refractivity contribution >= 4 is 0 Å². The predicted octanol–water partition coefficient (Wildman–Crippen LogP) is 3.26. The molecular weight excluding hydrogens is 246 g/mol. The summed E-state index contributed by atoms with van der Waals surface area (Å²) >= 11 is 0. The lowest BCUT2D eigenvalue weighted by atomic mass is 9.88. The summed E-state index contributed by atoms with van der Waals surface area (Å²) in [5.74, 6) is 1.17. The van der Waals surface area contributed by atoms with E-state index in [0.29, 0.717) is 11.8 Å². The molecule has 0 amide bonds. The highest BCUT2D eigenvalue weighted by Crippen LogP contribution is 2.23. The van der Waals surface area contributed by atoms with E-state index in [2.05, 4.69) is 67.7 Å². The minimum absolute atomic E-state index is 0.549. The average Bonchev–Trinajstić information content (AvgIpc) is 2.73. The largest absolute Gasteiger partial charge is 0.312 e. The van der Waals surface area contributed by atoms with Gasteiger partial charge in [-0.1, -0.05) is 44.2 Å². The van der Waals surface area contributed by atoms with E-state index in [4.69, 9.17) is 0 Å². The second-order valence-electron chi connectivity index (χ2n) is 5.81. The van der Waals surface area contributed by atoms with Crippen LogP contribution in [0.2, 0.25) is 0 Å². The van der Waals surface area contributed by atoms with Crippen LogP contribution in [0, 0.1) is 12.8 Å². The van der Waals surface area contributed by atoms with Crippen LogP contribution in [0.4, 0.5) is 0 Å². The second-order valence-corrected chi connectivity index (χ2v) is 5.81. The van der Waals surface area contributed by atoms with Gasteiger partial charge in [0, 0.05) is 31.9 Å². The summed E-state index contributed by atoms with van der Waals surface area (Å²) < 4.78 is 1.88. The van der Waals surface area contributed by atoms with Crippen LogP contribution in [-0.2, 0) is 13.6 Å². The summed E-state index contributed by atoms with van der Waals surface area (Å²) in [6.07, 6.45) is 2.09. The number of aryl methyl sites for hydroxylation is 2. The molecule has 1 atom stereocenters. The van der Waals surface area contributed by atoms with Crippen LogP contribution in [0.25, 0.3) is 0 Å². The van der Waals surface area contributed by atoms with Gasteiger partial charge in [-0.3, -0.25) is 4.68 Å². The molecule has 108 valence electrons. The van der Waals surface area contributed by atoms with Crippen molar-refractivity contribution in [3.8, 4) is 0 Å². The molecule has 0 aliphatic heterocycles. The summed E-state index contributed by atoms with van der Waals surface area (Å²) in [5.41, 5.74) is 3.81. The summed E-state index contributed by atoms with van der Waals surface area (Å²) in [6.45, 7) is 8.52. The highest BCUT2D eigenvalue weighted by molar-refractivity contribution is 5.21. The highest BCUT2D eigenvalue weighted by atomic mass is 15.2. The molecule has 1 aromatic heterocycles. The number of benzene rings is 1. The molecule has 1 unspecified atom stereocenters. The standard InChI is InChI=1S/C17H25N3/c1-13(2)17(15-8-6-5-7-9-15)11-18-10-16-12-20(4)19-14(16)3/h5-9,12-13,17-18H,10-11H2,1-4H3. The summed E-state index contributed by atoms with van der Waals surface area (Å²) in [4.78, 5) is 0. The van der Waals surface area contributed by atoms with Crippen molar-refractivity contribution in [1.82, 2.24) is 15.1 Å². The lowest BCUT2D eigenvalue weighted by molar-refractivity contribution is 0.461. The lowest BCUT2D eigenvalue weighted by Gasteiger charge is -2.22. The molecule has 0 bridgehead atoms. The van der Waals surface area contributed by atoms with Crippen LogP contribution in [0.3, 0.4) is 0 Å². The molecule has 3 heteroatoms. The van der Waals surface area contributed by atoms with Gasteiger partial charge in [0.15, 0.2) is 0 Å². The van der Waals surface area contributed by atoms with Crippen molar-refractivity contribution in [1.29, 1.82) is 0 Å². The molecule has 1 N–H and O–H groups in total. The Morgan fingerprint density at radius 2 is 1.90 bits per heavy atom. The van der Waals surface area contributed by atoms with Crippen LogP contribution < -0.4 is 5.32 Å². The van der Waals surface area contributed by atoms with Gasteiger partial charge in [-0.2, -0.15) is 5.10 Å². The molecule has 1 aromatic carbocycles. The van der Waals surface area contributed by atoms with Crippen LogP contribution in [-0.4, -0.2) is 16.3 Å². The Kier molecular flexibility index (Phi) is 4.96. The van der Waals surface area contributed by atoms with Gasteiger partial charge in [-0.05, 0) is 24.3 Å². The molecule has 0 aliphatic rings. The molecule has 2 aromatic rings. The second kappa shape index (κ2) is 6.71. The SMILES string of the molecule is Cc1nn(C)cc1CNCC(c1ccccc1)C(C)C. The number of aromatic nitrogens is 2. The molecule has 0 radical (unpaired) electrons. The van der Waals surface area contributed by atoms with Gasteiger partial charge in [0.05, 0.1) is 5.69 Å². The molecule has 0 fully saturated rings. The number of hydrogen-bond acceptors (Lipinski definition) is 2. The van der Waals surface area contributed by atoms with Crippen LogP contribution in [0.5, 0.6) is 0 Å². The fourth-order valence-electron chi connectivity index (χ4n) is 2.62. The molecule has 20 heavy (non-hydrogen) atoms. The zero-order chi connectivity index (χ0) is 14.5. The quantitative estimate of drug-likeness (QED) is 0.874. The molecule has 0 saturated carbocycles. The van der Waals surface area contributed by atoms with Crippen LogP contribution in [0.1, 0.15) is 36.6 Å². The van der Waals surface area contributed by atoms with Gasteiger partial charge >= 0.3 is 0 Å². The number of nitrogens with zero attached hydrogens (tertiary/aromatic N) is 2. The Balaban J connectivity index is 1.95. The summed E-state index contributed by atoms with van der Waals surface area (Å²) in [5, 5.41) is 7.96. The highest BCUT2D eigenvalue weighted by Gasteiger charge is 2.15. The van der Waals surface area contributed by atoms with Gasteiger partial charge < -0.3 is 5.32 Å². The Hall–Kier alpha value is -1.61. The van der Waals surface area contributed by atoms with E-state index in [-0.39, 0.29) is 0 Å². The van der Waals surface area contributed by atoms with Crippen molar-refractivity contribution in [2.24, 2.45) is 13.0 Å². The minimum atomic E-state index is 0.549. The first-order valence-electron chi connectivity index (χ1n) is 7.32. The van der Waals surface area contributed by atoms with Gasteiger partial charge in [-0.15, -0.1) is 0 Å². The topological polar surface area (TPSA) is 29.9 Å². The van der Waals surface area contributed by atoms with E-state index in [1.165, 1.54) is 11.1 Å². The Bertz CT molecular complexity index is 528. The lowest BCUT2D eigenvalue weighted by Crippen LogP contribution is -2.24. The summed E-state index contributed by atoms with van der Waals surface area (Å²) in [7, 11) is 1.97. The zero-order valence-electron chi connectivity index (χ0n) is 12.9. The molecular formula is C17H25N3. The van der Waals surface area contributed by atoms with E-state index >= 15 is 0 Å². The smallest absolute Gasteiger partial charge is 0.0638 e. The maximum atomic E-state index is 4.38. The third kappa shape index (κ3) is 3.70. The van der Waals surface area contributed by atoms with Crippen LogP contribution >= 0.6 is 0 Å². The Morgan fingerprint density at radius 3 is 2.45 bits per heavy atom. The van der Waals surface area contributed by atoms with Gasteiger partial charge in [0.25, 0.3) is 0 Å². The normalized spacial score (nSPS) is 12.8. The van der Waals surface area contributed by atoms with E-state index in [1.54, 1.807) is 0 Å². The van der Waals surface area contributed by atoms with E-state index in [0.717, 1.165) is 18.8 Å². The van der Waals surface area contributed by atoms with Gasteiger partial charge in [0.1, 0.15) is 0 Å². The molecule has 0 saturated heterocycles. The van der Waals surface area contributed by atoms with Gasteiger partial charge in [-0.25, -0.2) is 0 Å². The average molecular weight is 271 g/mol. The molecule has 1 heterocycles. The first kappa shape index (κ1) is 14.8. The maximum absolute atomic E-state index is 4.38. The third-order valence-corrected chi connectivity index (χ3v) is 3.83. The predicted molar refractivity (Wildman–Crippen MR) is 83.7 cm³/mol. The van der Waals surface area contributed by atoms with Gasteiger partial charge in [0.2, 0.25) is 0 Å². The fraction of sp³-hybridized carbons (Fsp3) is 0.471. The van der Waals surface area contributed by atoms with Crippen molar-refractivity contribution in [2.75, 3.05) is 6.54 Å². The van der Waals surface area contributed by atoms with Crippen molar-refractivity contribution in [3.63, 3.8) is 0 Å². The van der Waals surface area contributed by atoms with Crippen LogP contribution in [0.15, 0.2) is 36.5 Å².